The number of nitro benzene ring substituents is 1. The van der Waals surface area contributed by atoms with Gasteiger partial charge in [0.25, 0.3) is 5.69 Å². The summed E-state index contributed by atoms with van der Waals surface area (Å²) in [6.07, 6.45) is 3.22. The Morgan fingerprint density at radius 3 is 3.05 bits per heavy atom. The highest BCUT2D eigenvalue weighted by Gasteiger charge is 2.13. The summed E-state index contributed by atoms with van der Waals surface area (Å²) in [6.45, 7) is 1.63. The van der Waals surface area contributed by atoms with Crippen molar-refractivity contribution in [2.45, 2.75) is 25.3 Å². The number of carbonyl (C=O) groups is 1. The molecule has 0 radical (unpaired) electrons. The number of non-ortho nitro benzene ring substituents is 1. The van der Waals surface area contributed by atoms with E-state index in [1.165, 1.54) is 24.6 Å². The molecular formula is C13H18N4O3. The van der Waals surface area contributed by atoms with E-state index in [4.69, 9.17) is 0 Å². The van der Waals surface area contributed by atoms with Gasteiger partial charge in [-0.15, -0.1) is 0 Å². The third-order valence-corrected chi connectivity index (χ3v) is 3.26. The molecule has 1 heterocycles. The molecule has 2 amide bonds. The fourth-order valence-corrected chi connectivity index (χ4v) is 2.24. The predicted octanol–water partition coefficient (Wildman–Crippen LogP) is 1.86. The van der Waals surface area contributed by atoms with Gasteiger partial charge in [0.1, 0.15) is 0 Å². The van der Waals surface area contributed by atoms with Gasteiger partial charge >= 0.3 is 6.03 Å². The van der Waals surface area contributed by atoms with Gasteiger partial charge in [-0.2, -0.15) is 0 Å². The quantitative estimate of drug-likeness (QED) is 0.565. The number of benzene rings is 1. The van der Waals surface area contributed by atoms with Crippen LogP contribution < -0.4 is 16.0 Å². The molecule has 1 atom stereocenters. The molecule has 1 fully saturated rings. The summed E-state index contributed by atoms with van der Waals surface area (Å²) >= 11 is 0. The number of hydrogen-bond donors (Lipinski definition) is 3. The lowest BCUT2D eigenvalue weighted by atomic mass is 10.1. The molecule has 2 rings (SSSR count). The molecule has 1 aliphatic rings. The van der Waals surface area contributed by atoms with Crippen molar-refractivity contribution in [3.63, 3.8) is 0 Å². The second kappa shape index (κ2) is 6.85. The maximum Gasteiger partial charge on any atom is 0.319 e. The summed E-state index contributed by atoms with van der Waals surface area (Å²) in [5, 5.41) is 19.3. The van der Waals surface area contributed by atoms with Crippen LogP contribution in [0, 0.1) is 10.1 Å². The summed E-state index contributed by atoms with van der Waals surface area (Å²) in [5.74, 6) is 0. The van der Waals surface area contributed by atoms with Gasteiger partial charge in [-0.05, 0) is 31.9 Å². The minimum absolute atomic E-state index is 0.0436. The number of carbonyl (C=O) groups excluding carboxylic acids is 1. The van der Waals surface area contributed by atoms with Crippen LogP contribution in [0.25, 0.3) is 0 Å². The second-order valence-corrected chi connectivity index (χ2v) is 4.77. The first kappa shape index (κ1) is 14.3. The fraction of sp³-hybridized carbons (Fsp3) is 0.462. The molecule has 0 spiro atoms. The summed E-state index contributed by atoms with van der Waals surface area (Å²) < 4.78 is 0. The molecule has 7 heteroatoms. The van der Waals surface area contributed by atoms with Crippen LogP contribution in [0.4, 0.5) is 16.2 Å². The molecule has 20 heavy (non-hydrogen) atoms. The Morgan fingerprint density at radius 1 is 1.50 bits per heavy atom. The zero-order valence-electron chi connectivity index (χ0n) is 11.1. The van der Waals surface area contributed by atoms with E-state index in [9.17, 15) is 14.9 Å². The van der Waals surface area contributed by atoms with Crippen LogP contribution in [0.3, 0.4) is 0 Å². The summed E-state index contributed by atoms with van der Waals surface area (Å²) in [7, 11) is 0. The lowest BCUT2D eigenvalue weighted by Crippen LogP contribution is -2.33. The number of nitrogens with one attached hydrogen (secondary N) is 3. The van der Waals surface area contributed by atoms with E-state index in [1.807, 2.05) is 0 Å². The summed E-state index contributed by atoms with van der Waals surface area (Å²) in [5.41, 5.74) is 0.369. The van der Waals surface area contributed by atoms with Crippen LogP contribution in [0.5, 0.6) is 0 Å². The third kappa shape index (κ3) is 4.20. The maximum absolute atomic E-state index is 11.7. The smallest absolute Gasteiger partial charge is 0.319 e. The average Bonchev–Trinajstić information content (AvgIpc) is 2.92. The van der Waals surface area contributed by atoms with E-state index in [2.05, 4.69) is 16.0 Å². The first-order chi connectivity index (χ1) is 9.65. The van der Waals surface area contributed by atoms with Gasteiger partial charge < -0.3 is 16.0 Å². The molecule has 7 nitrogen and oxygen atoms in total. The van der Waals surface area contributed by atoms with Gasteiger partial charge in [-0.25, -0.2) is 4.79 Å². The standard InChI is InChI=1S/C13H18N4O3/c18-13(15-8-6-10-4-2-7-14-10)16-11-3-1-5-12(9-11)17(19)20/h1,3,5,9-10,14H,2,4,6-8H2,(H2,15,16,18)/t10-/m0/s1. The van der Waals surface area contributed by atoms with E-state index in [-0.39, 0.29) is 11.7 Å². The van der Waals surface area contributed by atoms with E-state index in [0.717, 1.165) is 19.4 Å². The molecular weight excluding hydrogens is 260 g/mol. The molecule has 1 aliphatic heterocycles. The van der Waals surface area contributed by atoms with Gasteiger partial charge in [0.15, 0.2) is 0 Å². The molecule has 1 saturated heterocycles. The number of anilines is 1. The van der Waals surface area contributed by atoms with Crippen molar-refractivity contribution in [1.82, 2.24) is 10.6 Å². The van der Waals surface area contributed by atoms with Crippen molar-refractivity contribution < 1.29 is 9.72 Å². The molecule has 1 aromatic carbocycles. The predicted molar refractivity (Wildman–Crippen MR) is 75.8 cm³/mol. The average molecular weight is 278 g/mol. The second-order valence-electron chi connectivity index (χ2n) is 4.77. The molecule has 0 aromatic heterocycles. The van der Waals surface area contributed by atoms with Crippen molar-refractivity contribution in [3.8, 4) is 0 Å². The summed E-state index contributed by atoms with van der Waals surface area (Å²) in [6, 6.07) is 6.01. The number of nitrogens with zero attached hydrogens (tertiary/aromatic N) is 1. The Hall–Kier alpha value is -2.15. The molecule has 108 valence electrons. The highest BCUT2D eigenvalue weighted by molar-refractivity contribution is 5.89. The van der Waals surface area contributed by atoms with Crippen LogP contribution >= 0.6 is 0 Å². The highest BCUT2D eigenvalue weighted by atomic mass is 16.6. The van der Waals surface area contributed by atoms with Crippen LogP contribution in [-0.2, 0) is 0 Å². The Bertz CT molecular complexity index is 486. The van der Waals surface area contributed by atoms with E-state index < -0.39 is 4.92 Å². The van der Waals surface area contributed by atoms with Crippen molar-refractivity contribution in [3.05, 3.63) is 34.4 Å². The van der Waals surface area contributed by atoms with E-state index in [0.29, 0.717) is 18.3 Å². The monoisotopic (exact) mass is 278 g/mol. The van der Waals surface area contributed by atoms with E-state index >= 15 is 0 Å². The normalized spacial score (nSPS) is 17.7. The minimum atomic E-state index is -0.491. The van der Waals surface area contributed by atoms with Gasteiger partial charge in [0, 0.05) is 30.4 Å². The molecule has 0 unspecified atom stereocenters. The first-order valence-electron chi connectivity index (χ1n) is 6.68. The Balaban J connectivity index is 1.76. The lowest BCUT2D eigenvalue weighted by Gasteiger charge is -2.11. The van der Waals surface area contributed by atoms with Crippen LogP contribution in [0.15, 0.2) is 24.3 Å². The number of hydrogen-bond acceptors (Lipinski definition) is 4. The number of nitro groups is 1. The van der Waals surface area contributed by atoms with Crippen molar-refractivity contribution in [1.29, 1.82) is 0 Å². The largest absolute Gasteiger partial charge is 0.338 e. The topological polar surface area (TPSA) is 96.3 Å². The zero-order valence-corrected chi connectivity index (χ0v) is 11.1. The molecule has 0 saturated carbocycles. The lowest BCUT2D eigenvalue weighted by molar-refractivity contribution is -0.384. The zero-order chi connectivity index (χ0) is 14.4. The van der Waals surface area contributed by atoms with Gasteiger partial charge in [-0.1, -0.05) is 6.07 Å². The van der Waals surface area contributed by atoms with Crippen LogP contribution in [0.2, 0.25) is 0 Å². The first-order valence-corrected chi connectivity index (χ1v) is 6.68. The molecule has 0 bridgehead atoms. The molecule has 3 N–H and O–H groups in total. The van der Waals surface area contributed by atoms with Gasteiger partial charge in [0.2, 0.25) is 0 Å². The number of urea groups is 1. The van der Waals surface area contributed by atoms with Gasteiger partial charge in [0.05, 0.1) is 4.92 Å². The van der Waals surface area contributed by atoms with Crippen LogP contribution in [0.1, 0.15) is 19.3 Å². The van der Waals surface area contributed by atoms with Crippen LogP contribution in [-0.4, -0.2) is 30.1 Å². The van der Waals surface area contributed by atoms with Crippen molar-refractivity contribution in [2.24, 2.45) is 0 Å². The third-order valence-electron chi connectivity index (χ3n) is 3.26. The van der Waals surface area contributed by atoms with Crippen molar-refractivity contribution >= 4 is 17.4 Å². The molecule has 0 aliphatic carbocycles. The van der Waals surface area contributed by atoms with Crippen molar-refractivity contribution in [2.75, 3.05) is 18.4 Å². The maximum atomic E-state index is 11.7. The number of amides is 2. The van der Waals surface area contributed by atoms with Gasteiger partial charge in [-0.3, -0.25) is 10.1 Å². The summed E-state index contributed by atoms with van der Waals surface area (Å²) in [4.78, 5) is 21.8. The minimum Gasteiger partial charge on any atom is -0.338 e. The molecule has 1 aromatic rings. The number of rotatable bonds is 5. The Kier molecular flexibility index (Phi) is 4.89. The highest BCUT2D eigenvalue weighted by Crippen LogP contribution is 2.16. The Morgan fingerprint density at radius 2 is 2.35 bits per heavy atom. The Labute approximate surface area is 116 Å². The van der Waals surface area contributed by atoms with E-state index in [1.54, 1.807) is 6.07 Å². The SMILES string of the molecule is O=C(NCC[C@@H]1CCCN1)Nc1cccc([N+](=O)[O-])c1. The fourth-order valence-electron chi connectivity index (χ4n) is 2.24.